The topological polar surface area (TPSA) is 82.5 Å². The van der Waals surface area contributed by atoms with Gasteiger partial charge in [-0.15, -0.1) is 11.3 Å². The van der Waals surface area contributed by atoms with Gasteiger partial charge in [-0.2, -0.15) is 0 Å². The van der Waals surface area contributed by atoms with Crippen molar-refractivity contribution in [3.8, 4) is 11.4 Å². The van der Waals surface area contributed by atoms with E-state index in [2.05, 4.69) is 21.8 Å². The smallest absolute Gasteiger partial charge is 0.367 e. The molecule has 0 aliphatic rings. The Hall–Kier alpha value is -2.19. The highest BCUT2D eigenvalue weighted by Crippen LogP contribution is 2.28. The SMILES string of the molecule is CCCCn1c(-c2csc(C(=O)OCC)n2)cc(C(=O)NCCOC)c1C. The predicted molar refractivity (Wildman–Crippen MR) is 105 cm³/mol. The summed E-state index contributed by atoms with van der Waals surface area (Å²) in [6, 6.07) is 1.84. The van der Waals surface area contributed by atoms with E-state index in [0.29, 0.717) is 36.0 Å². The monoisotopic (exact) mass is 393 g/mol. The molecule has 27 heavy (non-hydrogen) atoms. The molecule has 148 valence electrons. The normalized spacial score (nSPS) is 10.8. The second kappa shape index (κ2) is 10.2. The van der Waals surface area contributed by atoms with Crippen molar-refractivity contribution in [3.63, 3.8) is 0 Å². The van der Waals surface area contributed by atoms with Crippen molar-refractivity contribution in [1.29, 1.82) is 0 Å². The molecule has 7 nitrogen and oxygen atoms in total. The van der Waals surface area contributed by atoms with Crippen LogP contribution < -0.4 is 5.32 Å². The lowest BCUT2D eigenvalue weighted by Gasteiger charge is -2.10. The zero-order chi connectivity index (χ0) is 19.8. The summed E-state index contributed by atoms with van der Waals surface area (Å²) in [6.07, 6.45) is 2.03. The highest BCUT2D eigenvalue weighted by Gasteiger charge is 2.21. The standard InChI is InChI=1S/C19H27N3O4S/c1-5-7-9-22-13(3)14(17(23)20-8-10-25-4)11-16(22)15-12-27-18(21-15)19(24)26-6-2/h11-12H,5-10H2,1-4H3,(H,20,23). The first-order valence-electron chi connectivity index (χ1n) is 9.13. The predicted octanol–water partition coefficient (Wildman–Crippen LogP) is 3.27. The van der Waals surface area contributed by atoms with E-state index in [0.717, 1.165) is 30.8 Å². The van der Waals surface area contributed by atoms with Crippen LogP contribution in [-0.2, 0) is 16.0 Å². The summed E-state index contributed by atoms with van der Waals surface area (Å²) >= 11 is 1.25. The van der Waals surface area contributed by atoms with E-state index in [1.165, 1.54) is 11.3 Å². The van der Waals surface area contributed by atoms with Gasteiger partial charge in [-0.05, 0) is 26.3 Å². The Morgan fingerprint density at radius 3 is 2.78 bits per heavy atom. The molecule has 2 rings (SSSR count). The van der Waals surface area contributed by atoms with E-state index in [-0.39, 0.29) is 5.91 Å². The minimum Gasteiger partial charge on any atom is -0.461 e. The molecule has 8 heteroatoms. The van der Waals surface area contributed by atoms with Gasteiger partial charge in [0.2, 0.25) is 5.01 Å². The van der Waals surface area contributed by atoms with Crippen LogP contribution in [-0.4, -0.2) is 48.3 Å². The molecule has 0 saturated carbocycles. The number of thiazole rings is 1. The molecule has 0 aliphatic carbocycles. The second-order valence-electron chi connectivity index (χ2n) is 6.04. The van der Waals surface area contributed by atoms with Gasteiger partial charge in [0, 0.05) is 31.3 Å². The molecule has 1 N–H and O–H groups in total. The molecule has 0 fully saturated rings. The highest BCUT2D eigenvalue weighted by molar-refractivity contribution is 7.11. The fourth-order valence-electron chi connectivity index (χ4n) is 2.73. The van der Waals surface area contributed by atoms with E-state index < -0.39 is 5.97 Å². The average Bonchev–Trinajstić information content (AvgIpc) is 3.25. The first-order valence-corrected chi connectivity index (χ1v) is 10.0. The van der Waals surface area contributed by atoms with Crippen LogP contribution in [0.25, 0.3) is 11.4 Å². The zero-order valence-corrected chi connectivity index (χ0v) is 17.1. The number of nitrogens with zero attached hydrogens (tertiary/aromatic N) is 2. The van der Waals surface area contributed by atoms with Gasteiger partial charge in [0.1, 0.15) is 0 Å². The number of nitrogens with one attached hydrogen (secondary N) is 1. The Balaban J connectivity index is 2.35. The van der Waals surface area contributed by atoms with Crippen LogP contribution in [0.5, 0.6) is 0 Å². The molecule has 0 aliphatic heterocycles. The van der Waals surface area contributed by atoms with Crippen molar-refractivity contribution in [2.24, 2.45) is 0 Å². The Bertz CT molecular complexity index is 782. The van der Waals surface area contributed by atoms with Crippen molar-refractivity contribution in [1.82, 2.24) is 14.9 Å². The lowest BCUT2D eigenvalue weighted by Crippen LogP contribution is -2.27. The number of esters is 1. The van der Waals surface area contributed by atoms with Gasteiger partial charge in [0.05, 0.1) is 30.2 Å². The molecule has 0 spiro atoms. The highest BCUT2D eigenvalue weighted by atomic mass is 32.1. The van der Waals surface area contributed by atoms with Crippen LogP contribution >= 0.6 is 11.3 Å². The molecule has 0 atom stereocenters. The van der Waals surface area contributed by atoms with Crippen molar-refractivity contribution >= 4 is 23.2 Å². The summed E-state index contributed by atoms with van der Waals surface area (Å²) in [5.74, 6) is -0.559. The number of ether oxygens (including phenoxy) is 2. The quantitative estimate of drug-likeness (QED) is 0.495. The summed E-state index contributed by atoms with van der Waals surface area (Å²) in [5, 5.41) is 5.01. The maximum atomic E-state index is 12.5. The number of aromatic nitrogens is 2. The van der Waals surface area contributed by atoms with Gasteiger partial charge >= 0.3 is 5.97 Å². The van der Waals surface area contributed by atoms with Crippen molar-refractivity contribution in [3.05, 3.63) is 27.7 Å². The summed E-state index contributed by atoms with van der Waals surface area (Å²) in [7, 11) is 1.60. The summed E-state index contributed by atoms with van der Waals surface area (Å²) in [5.41, 5.74) is 3.02. The van der Waals surface area contributed by atoms with Gasteiger partial charge < -0.3 is 19.4 Å². The first-order chi connectivity index (χ1) is 13.0. The van der Waals surface area contributed by atoms with Crippen LogP contribution in [0.3, 0.4) is 0 Å². The number of rotatable bonds is 10. The van der Waals surface area contributed by atoms with E-state index in [1.54, 1.807) is 14.0 Å². The largest absolute Gasteiger partial charge is 0.461 e. The Morgan fingerprint density at radius 1 is 1.33 bits per heavy atom. The molecule has 2 aromatic heterocycles. The van der Waals surface area contributed by atoms with E-state index in [1.807, 2.05) is 18.4 Å². The molecule has 1 amide bonds. The molecule has 2 heterocycles. The zero-order valence-electron chi connectivity index (χ0n) is 16.3. The fraction of sp³-hybridized carbons (Fsp3) is 0.526. The minimum atomic E-state index is -0.422. The molecular weight excluding hydrogens is 366 g/mol. The number of amides is 1. The van der Waals surface area contributed by atoms with Crippen molar-refractivity contribution < 1.29 is 19.1 Å². The van der Waals surface area contributed by atoms with Gasteiger partial charge in [0.15, 0.2) is 0 Å². The van der Waals surface area contributed by atoms with Crippen LogP contribution in [0.4, 0.5) is 0 Å². The number of carbonyl (C=O) groups is 2. The molecule has 2 aromatic rings. The van der Waals surface area contributed by atoms with Crippen LogP contribution in [0.1, 0.15) is 52.5 Å². The lowest BCUT2D eigenvalue weighted by molar-refractivity contribution is 0.0526. The lowest BCUT2D eigenvalue weighted by atomic mass is 10.2. The second-order valence-corrected chi connectivity index (χ2v) is 6.90. The Morgan fingerprint density at radius 2 is 2.11 bits per heavy atom. The van der Waals surface area contributed by atoms with E-state index in [9.17, 15) is 9.59 Å². The average molecular weight is 394 g/mol. The van der Waals surface area contributed by atoms with Crippen LogP contribution in [0, 0.1) is 6.92 Å². The molecule has 0 unspecified atom stereocenters. The van der Waals surface area contributed by atoms with Gasteiger partial charge in [-0.3, -0.25) is 4.79 Å². The Kier molecular flexibility index (Phi) is 7.99. The third-order valence-electron chi connectivity index (χ3n) is 4.15. The molecule has 0 radical (unpaired) electrons. The third kappa shape index (κ3) is 5.17. The van der Waals surface area contributed by atoms with E-state index >= 15 is 0 Å². The number of methoxy groups -OCH3 is 1. The molecule has 0 saturated heterocycles. The number of hydrogen-bond acceptors (Lipinski definition) is 6. The summed E-state index contributed by atoms with van der Waals surface area (Å²) < 4.78 is 12.1. The maximum Gasteiger partial charge on any atom is 0.367 e. The van der Waals surface area contributed by atoms with Gasteiger partial charge in [-0.25, -0.2) is 9.78 Å². The van der Waals surface area contributed by atoms with E-state index in [4.69, 9.17) is 9.47 Å². The fourth-order valence-corrected chi connectivity index (χ4v) is 3.43. The molecule has 0 aromatic carbocycles. The van der Waals surface area contributed by atoms with Crippen molar-refractivity contribution in [2.45, 2.75) is 40.2 Å². The Labute approximate surface area is 163 Å². The number of unbranched alkanes of at least 4 members (excludes halogenated alkanes) is 1. The third-order valence-corrected chi connectivity index (χ3v) is 4.98. The van der Waals surface area contributed by atoms with Crippen molar-refractivity contribution in [2.75, 3.05) is 26.9 Å². The number of hydrogen-bond donors (Lipinski definition) is 1. The summed E-state index contributed by atoms with van der Waals surface area (Å²) in [4.78, 5) is 28.9. The summed E-state index contributed by atoms with van der Waals surface area (Å²) in [6.45, 7) is 7.83. The van der Waals surface area contributed by atoms with Crippen LogP contribution in [0.2, 0.25) is 0 Å². The molecular formula is C19H27N3O4S. The maximum absolute atomic E-state index is 12.5. The minimum absolute atomic E-state index is 0.137. The molecule has 0 bridgehead atoms. The van der Waals surface area contributed by atoms with Gasteiger partial charge in [-0.1, -0.05) is 13.3 Å². The number of carbonyl (C=O) groups excluding carboxylic acids is 2. The first kappa shape index (κ1) is 21.1. The van der Waals surface area contributed by atoms with Gasteiger partial charge in [0.25, 0.3) is 5.91 Å². The van der Waals surface area contributed by atoms with Crippen LogP contribution in [0.15, 0.2) is 11.4 Å².